The monoisotopic (exact) mass is 712 g/mol. The van der Waals surface area contributed by atoms with Crippen molar-refractivity contribution in [1.29, 1.82) is 0 Å². The molecule has 2 fully saturated rings. The minimum Gasteiger partial charge on any atom is -0.507 e. The number of hydrogen-bond donors (Lipinski definition) is 5. The van der Waals surface area contributed by atoms with Crippen LogP contribution in [0.3, 0.4) is 0 Å². The Morgan fingerprint density at radius 1 is 0.882 bits per heavy atom. The van der Waals surface area contributed by atoms with Crippen LogP contribution in [0.25, 0.3) is 22.3 Å². The van der Waals surface area contributed by atoms with Crippen LogP contribution in [0.4, 0.5) is 0 Å². The molecule has 5 N–H and O–H groups in total. The van der Waals surface area contributed by atoms with E-state index >= 15 is 0 Å². The van der Waals surface area contributed by atoms with Crippen LogP contribution in [-0.2, 0) is 24.0 Å². The second kappa shape index (κ2) is 15.3. The first-order valence-corrected chi connectivity index (χ1v) is 17.5. The Kier molecular flexibility index (Phi) is 11.0. The number of ketones is 1. The molecule has 14 nitrogen and oxygen atoms in total. The summed E-state index contributed by atoms with van der Waals surface area (Å²) in [6, 6.07) is 8.49. The number of aliphatic hydroxyl groups is 4. The number of phenols is 1. The summed E-state index contributed by atoms with van der Waals surface area (Å²) in [6.45, 7) is 3.01. The number of hydrogen-bond acceptors (Lipinski definition) is 14. The average Bonchev–Trinajstić information content (AvgIpc) is 3.33. The van der Waals surface area contributed by atoms with Crippen molar-refractivity contribution in [2.24, 2.45) is 0 Å². The van der Waals surface area contributed by atoms with Crippen LogP contribution in [0.2, 0.25) is 0 Å². The smallest absolute Gasteiger partial charge is 0.352 e. The lowest BCUT2D eigenvalue weighted by atomic mass is 9.74. The first-order chi connectivity index (χ1) is 24.5. The van der Waals surface area contributed by atoms with Crippen molar-refractivity contribution < 1.29 is 63.5 Å². The standard InChI is InChI=1S/C37H44O14/c1-3-4-5-6-7-8-9-10-11-22-28-26(50-51-37(22)34(44)19(2)46-36(37)45)17-24(40)29-23(39)16-25(48-33(28)29)20-12-14-21(15-13-20)47-35-32(43)31(42)30(41)27(18-38)49-35/h12-17,19,22,27,30-32,35,38,40-43H,3-11,18H2,1-2H3/t19-,22-,27-,30-,31+,32-,35+,37+/m1/s1. The molecule has 1 spiro atoms. The fourth-order valence-electron chi connectivity index (χ4n) is 7.14. The van der Waals surface area contributed by atoms with Gasteiger partial charge in [-0.2, -0.15) is 4.89 Å². The molecule has 0 amide bonds. The predicted molar refractivity (Wildman–Crippen MR) is 179 cm³/mol. The Balaban J connectivity index is 1.33. The number of carbonyl (C=O) groups excluding carboxylic acids is 2. The van der Waals surface area contributed by atoms with Gasteiger partial charge in [-0.25, -0.2) is 4.79 Å². The molecule has 3 aliphatic heterocycles. The fourth-order valence-corrected chi connectivity index (χ4v) is 7.14. The molecule has 2 saturated heterocycles. The lowest BCUT2D eigenvalue weighted by Gasteiger charge is -2.39. The van der Waals surface area contributed by atoms with Crippen molar-refractivity contribution in [3.8, 4) is 28.6 Å². The van der Waals surface area contributed by atoms with Crippen molar-refractivity contribution in [2.45, 2.75) is 120 Å². The van der Waals surface area contributed by atoms with Gasteiger partial charge in [0, 0.05) is 29.2 Å². The summed E-state index contributed by atoms with van der Waals surface area (Å²) in [4.78, 5) is 51.7. The number of cyclic esters (lactones) is 1. The highest BCUT2D eigenvalue weighted by Gasteiger charge is 2.66. The number of phenolic OH excluding ortho intramolecular Hbond substituents is 1. The third-order valence-corrected chi connectivity index (χ3v) is 9.99. The molecule has 3 aromatic rings. The van der Waals surface area contributed by atoms with Crippen LogP contribution in [-0.4, -0.2) is 86.3 Å². The number of fused-ring (bicyclic) bond motifs is 3. The predicted octanol–water partition coefficient (Wildman–Crippen LogP) is 3.54. The van der Waals surface area contributed by atoms with Gasteiger partial charge in [0.05, 0.1) is 6.61 Å². The van der Waals surface area contributed by atoms with Gasteiger partial charge in [0.1, 0.15) is 52.6 Å². The fraction of sp³-hybridized carbons (Fsp3) is 0.541. The number of aromatic hydroxyl groups is 1. The molecule has 4 heterocycles. The van der Waals surface area contributed by atoms with Crippen molar-refractivity contribution >= 4 is 22.7 Å². The Bertz CT molecular complexity index is 1780. The Hall–Kier alpha value is -4.05. The van der Waals surface area contributed by atoms with Gasteiger partial charge in [-0.3, -0.25) is 9.59 Å². The number of benzene rings is 2. The number of ether oxygens (including phenoxy) is 3. The van der Waals surface area contributed by atoms with E-state index in [4.69, 9.17) is 28.4 Å². The second-order valence-corrected chi connectivity index (χ2v) is 13.5. The summed E-state index contributed by atoms with van der Waals surface area (Å²) in [6.07, 6.45) is 0.0122. The minimum absolute atomic E-state index is 0.000999. The van der Waals surface area contributed by atoms with Gasteiger partial charge in [0.15, 0.2) is 17.3 Å². The van der Waals surface area contributed by atoms with Crippen LogP contribution < -0.4 is 15.1 Å². The van der Waals surface area contributed by atoms with Crippen LogP contribution in [0.5, 0.6) is 17.2 Å². The molecule has 0 radical (unpaired) electrons. The van der Waals surface area contributed by atoms with Crippen molar-refractivity contribution in [2.75, 3.05) is 6.61 Å². The van der Waals surface area contributed by atoms with E-state index in [-0.39, 0.29) is 33.8 Å². The van der Waals surface area contributed by atoms with Gasteiger partial charge >= 0.3 is 5.97 Å². The molecule has 8 atom stereocenters. The van der Waals surface area contributed by atoms with Gasteiger partial charge in [0.25, 0.3) is 5.60 Å². The molecule has 0 unspecified atom stereocenters. The van der Waals surface area contributed by atoms with Gasteiger partial charge in [-0.15, -0.1) is 0 Å². The maximum Gasteiger partial charge on any atom is 0.352 e. The highest BCUT2D eigenvalue weighted by Crippen LogP contribution is 2.52. The number of carbonyl (C=O) groups is 2. The van der Waals surface area contributed by atoms with E-state index in [2.05, 4.69) is 6.92 Å². The Labute approximate surface area is 293 Å². The number of Topliss-reactive ketones (excluding diaryl/α,β-unsaturated/α-hetero) is 1. The first kappa shape index (κ1) is 36.7. The summed E-state index contributed by atoms with van der Waals surface area (Å²) in [7, 11) is 0. The van der Waals surface area contributed by atoms with Crippen LogP contribution >= 0.6 is 0 Å². The summed E-state index contributed by atoms with van der Waals surface area (Å²) in [5.74, 6) is -2.64. The van der Waals surface area contributed by atoms with Gasteiger partial charge in [-0.05, 0) is 37.6 Å². The largest absolute Gasteiger partial charge is 0.507 e. The quantitative estimate of drug-likeness (QED) is 0.0743. The molecule has 276 valence electrons. The zero-order valence-electron chi connectivity index (χ0n) is 28.5. The molecule has 0 aliphatic carbocycles. The molecule has 51 heavy (non-hydrogen) atoms. The highest BCUT2D eigenvalue weighted by atomic mass is 17.2. The molecule has 6 rings (SSSR count). The van der Waals surface area contributed by atoms with Crippen molar-refractivity contribution in [3.63, 3.8) is 0 Å². The lowest BCUT2D eigenvalue weighted by molar-refractivity contribution is -0.289. The Morgan fingerprint density at radius 2 is 1.57 bits per heavy atom. The first-order valence-electron chi connectivity index (χ1n) is 17.5. The maximum atomic E-state index is 13.6. The zero-order chi connectivity index (χ0) is 36.4. The Morgan fingerprint density at radius 3 is 2.22 bits per heavy atom. The third-order valence-electron chi connectivity index (χ3n) is 9.99. The molecular weight excluding hydrogens is 668 g/mol. The molecule has 0 saturated carbocycles. The zero-order valence-corrected chi connectivity index (χ0v) is 28.5. The lowest BCUT2D eigenvalue weighted by Crippen LogP contribution is -2.60. The molecule has 1 aromatic heterocycles. The number of unbranched alkanes of at least 4 members (excludes halogenated alkanes) is 7. The van der Waals surface area contributed by atoms with E-state index in [0.29, 0.717) is 18.4 Å². The normalized spacial score (nSPS) is 28.9. The SMILES string of the molecule is CCCCCCCCCC[C@@H]1c2c(cc(O)c3c(=O)cc(-c4ccc(O[C@H]5O[C@H](CO)[C@@H](O)[C@H](O)[C@H]5O)cc4)oc23)OO[C@@]12C(=O)O[C@H](C)C2=O. The van der Waals surface area contributed by atoms with E-state index in [9.17, 15) is 39.9 Å². The van der Waals surface area contributed by atoms with Gasteiger partial charge in [0.2, 0.25) is 12.1 Å². The summed E-state index contributed by atoms with van der Waals surface area (Å²) >= 11 is 0. The average molecular weight is 713 g/mol. The summed E-state index contributed by atoms with van der Waals surface area (Å²) < 4.78 is 22.8. The minimum atomic E-state index is -2.13. The number of esters is 1. The third kappa shape index (κ3) is 6.84. The summed E-state index contributed by atoms with van der Waals surface area (Å²) in [5, 5.41) is 50.7. The van der Waals surface area contributed by atoms with Crippen LogP contribution in [0.1, 0.15) is 83.1 Å². The molecule has 3 aliphatic rings. The van der Waals surface area contributed by atoms with E-state index in [1.807, 2.05) is 0 Å². The van der Waals surface area contributed by atoms with Crippen molar-refractivity contribution in [1.82, 2.24) is 0 Å². The van der Waals surface area contributed by atoms with Gasteiger partial charge in [-0.1, -0.05) is 58.3 Å². The second-order valence-electron chi connectivity index (χ2n) is 13.5. The highest BCUT2D eigenvalue weighted by molar-refractivity contribution is 6.15. The van der Waals surface area contributed by atoms with Crippen molar-refractivity contribution in [3.05, 3.63) is 52.2 Å². The summed E-state index contributed by atoms with van der Waals surface area (Å²) in [5.41, 5.74) is -2.15. The maximum absolute atomic E-state index is 13.6. The molecule has 14 heteroatoms. The number of aliphatic hydroxyl groups excluding tert-OH is 4. The molecule has 0 bridgehead atoms. The topological polar surface area (TPSA) is 212 Å². The number of rotatable bonds is 13. The van der Waals surface area contributed by atoms with Crippen LogP contribution in [0.15, 0.2) is 45.6 Å². The van der Waals surface area contributed by atoms with E-state index in [1.54, 1.807) is 12.1 Å². The van der Waals surface area contributed by atoms with E-state index in [1.165, 1.54) is 44.0 Å². The van der Waals surface area contributed by atoms with Crippen LogP contribution in [0, 0.1) is 0 Å². The molecule has 2 aromatic carbocycles. The van der Waals surface area contributed by atoms with E-state index in [0.717, 1.165) is 32.1 Å². The van der Waals surface area contributed by atoms with E-state index < -0.39 is 77.9 Å². The van der Waals surface area contributed by atoms with Gasteiger partial charge < -0.3 is 49.0 Å². The molecular formula is C37H44O14.